The molecule has 0 aliphatic rings. The molecule has 0 aliphatic heterocycles. The van der Waals surface area contributed by atoms with E-state index in [2.05, 4.69) is 43.1 Å². The maximum Gasteiger partial charge on any atom is 0.326 e. The van der Waals surface area contributed by atoms with E-state index in [-0.39, 0.29) is 37.5 Å². The fraction of sp³-hybridized carbons (Fsp3) is 0.353. The summed E-state index contributed by atoms with van der Waals surface area (Å²) in [5.41, 5.74) is 5.16. The van der Waals surface area contributed by atoms with E-state index in [1.165, 1.54) is 0 Å². The number of aromatic nitrogens is 2. The van der Waals surface area contributed by atoms with Crippen molar-refractivity contribution in [2.75, 3.05) is 7.05 Å². The zero-order chi connectivity index (χ0) is 45.6. The number of nitrogens with one attached hydrogen (secondary N) is 6. The van der Waals surface area contributed by atoms with Gasteiger partial charge in [-0.15, -0.1) is 0 Å². The molecular weight excluding hydrogens is 807 g/mol. The van der Waals surface area contributed by atoms with Crippen LogP contribution in [0.3, 0.4) is 0 Å². The Bertz CT molecular complexity index is 2500. The van der Waals surface area contributed by atoms with Gasteiger partial charge in [0.05, 0.1) is 6.04 Å². The monoisotopic (exact) mass is 867 g/mol. The average Bonchev–Trinajstić information content (AvgIpc) is 3.87. The average molecular weight is 868 g/mol. The van der Waals surface area contributed by atoms with E-state index in [1.54, 1.807) is 7.05 Å². The van der Waals surface area contributed by atoms with Gasteiger partial charge in [0.25, 0.3) is 0 Å². The lowest BCUT2D eigenvalue weighted by Gasteiger charge is -2.27. The Labute approximate surface area is 374 Å². The van der Waals surface area contributed by atoms with Crippen LogP contribution in [0.5, 0.6) is 0 Å². The molecule has 5 atom stereocenters. The van der Waals surface area contributed by atoms with Gasteiger partial charge in [-0.25, -0.2) is 4.79 Å². The molecule has 4 aromatic carbocycles. The highest BCUT2D eigenvalue weighted by Gasteiger charge is 2.33. The summed E-state index contributed by atoms with van der Waals surface area (Å²) in [7, 11) is 1.69. The minimum absolute atomic E-state index is 0.0316. The van der Waals surface area contributed by atoms with Crippen LogP contribution in [0.4, 0.5) is 0 Å². The standard InChI is InChI=1S/C51H61N7O6/c1-5-6-25-58-32-37(39-22-14-16-24-46(39)58)30-44(50(62)57-45(51(63)64)26-33(2)3)56-48(60)42(28-35-19-11-8-12-20-35)54-49(61)43(29-36-31-53-40-23-15-13-21-38(36)40)55-47(59)41(52-4)27-34-17-9-7-10-18-34/h7-24,31-33,41-45,52-53H,5-6,25-30H2,1-4H3,(H,54,61)(H,55,59)(H,56,60)(H,57,62)(H,63,64)/t41-,42+,43-,44-,45+/m1/s1. The second-order valence-electron chi connectivity index (χ2n) is 16.9. The van der Waals surface area contributed by atoms with Crippen LogP contribution in [0.15, 0.2) is 122 Å². The van der Waals surface area contributed by atoms with Crippen LogP contribution in [0.25, 0.3) is 21.8 Å². The van der Waals surface area contributed by atoms with Crippen molar-refractivity contribution in [3.8, 4) is 0 Å². The number of H-pyrrole nitrogens is 1. The summed E-state index contributed by atoms with van der Waals surface area (Å²) < 4.78 is 2.14. The van der Waals surface area contributed by atoms with Crippen molar-refractivity contribution in [1.29, 1.82) is 0 Å². The number of rotatable bonds is 23. The SMILES string of the molecule is CCCCn1cc(C[C@@H](NC(=O)[C@H](Cc2ccccc2)NC(=O)[C@@H](Cc2c[nH]c3ccccc23)NC(=O)[C@@H](Cc2ccccc2)NC)C(=O)N[C@@H](CC(C)C)C(=O)O)c2ccccc21. The first-order valence-corrected chi connectivity index (χ1v) is 22.2. The zero-order valence-corrected chi connectivity index (χ0v) is 37.1. The van der Waals surface area contributed by atoms with Crippen LogP contribution >= 0.6 is 0 Å². The van der Waals surface area contributed by atoms with Crippen molar-refractivity contribution in [3.63, 3.8) is 0 Å². The molecule has 64 heavy (non-hydrogen) atoms. The van der Waals surface area contributed by atoms with Crippen LogP contribution in [-0.2, 0) is 56.2 Å². The van der Waals surface area contributed by atoms with Crippen LogP contribution in [0, 0.1) is 5.92 Å². The second-order valence-corrected chi connectivity index (χ2v) is 16.9. The molecule has 0 spiro atoms. The largest absolute Gasteiger partial charge is 0.480 e. The van der Waals surface area contributed by atoms with Gasteiger partial charge in [-0.3, -0.25) is 19.2 Å². The number of carbonyl (C=O) groups excluding carboxylic acids is 4. The topological polar surface area (TPSA) is 186 Å². The number of likely N-dealkylation sites (N-methyl/N-ethyl adjacent to an activating group) is 1. The highest BCUT2D eigenvalue weighted by molar-refractivity contribution is 5.97. The van der Waals surface area contributed by atoms with Crippen molar-refractivity contribution in [2.24, 2.45) is 5.92 Å². The van der Waals surface area contributed by atoms with Crippen molar-refractivity contribution in [1.82, 2.24) is 36.1 Å². The van der Waals surface area contributed by atoms with Crippen LogP contribution in [0.2, 0.25) is 0 Å². The minimum atomic E-state index is -1.21. The molecule has 0 radical (unpaired) electrons. The zero-order valence-electron chi connectivity index (χ0n) is 37.1. The first kappa shape index (κ1) is 46.8. The summed E-state index contributed by atoms with van der Waals surface area (Å²) in [5.74, 6) is -3.48. The van der Waals surface area contributed by atoms with Gasteiger partial charge in [-0.05, 0) is 66.6 Å². The Hall–Kier alpha value is -6.73. The van der Waals surface area contributed by atoms with Gasteiger partial charge in [-0.2, -0.15) is 0 Å². The normalized spacial score (nSPS) is 13.8. The molecule has 0 saturated carbocycles. The lowest BCUT2D eigenvalue weighted by Crippen LogP contribution is -2.59. The van der Waals surface area contributed by atoms with Gasteiger partial charge in [-0.1, -0.05) is 124 Å². The van der Waals surface area contributed by atoms with Gasteiger partial charge in [0.1, 0.15) is 24.2 Å². The van der Waals surface area contributed by atoms with Gasteiger partial charge in [0, 0.05) is 60.0 Å². The predicted octanol–water partition coefficient (Wildman–Crippen LogP) is 5.85. The van der Waals surface area contributed by atoms with Crippen LogP contribution in [-0.4, -0.2) is 81.5 Å². The first-order chi connectivity index (χ1) is 30.9. The molecule has 0 unspecified atom stereocenters. The number of carboxylic acid groups (broad SMARTS) is 1. The van der Waals surface area contributed by atoms with E-state index < -0.39 is 53.9 Å². The third-order valence-electron chi connectivity index (χ3n) is 11.6. The van der Waals surface area contributed by atoms with E-state index in [4.69, 9.17) is 0 Å². The third-order valence-corrected chi connectivity index (χ3v) is 11.6. The van der Waals surface area contributed by atoms with Crippen molar-refractivity contribution in [2.45, 2.75) is 102 Å². The minimum Gasteiger partial charge on any atom is -0.480 e. The number of unbranched alkanes of at least 4 members (excludes halogenated alkanes) is 1. The first-order valence-electron chi connectivity index (χ1n) is 22.2. The number of amides is 4. The molecule has 0 aliphatic carbocycles. The van der Waals surface area contributed by atoms with Crippen LogP contribution < -0.4 is 26.6 Å². The smallest absolute Gasteiger partial charge is 0.326 e. The molecule has 13 heteroatoms. The molecule has 2 aromatic heterocycles. The number of fused-ring (bicyclic) bond motifs is 2. The summed E-state index contributed by atoms with van der Waals surface area (Å²) in [6, 6.07) is 29.0. The molecule has 0 bridgehead atoms. The van der Waals surface area contributed by atoms with E-state index >= 15 is 0 Å². The molecule has 7 N–H and O–H groups in total. The van der Waals surface area contributed by atoms with Gasteiger partial charge >= 0.3 is 5.97 Å². The molecule has 0 fully saturated rings. The molecule has 336 valence electrons. The van der Waals surface area contributed by atoms with E-state index in [0.29, 0.717) is 6.42 Å². The summed E-state index contributed by atoms with van der Waals surface area (Å²) in [5, 5.41) is 26.6. The lowest BCUT2D eigenvalue weighted by molar-refractivity contribution is -0.142. The van der Waals surface area contributed by atoms with Gasteiger partial charge < -0.3 is 41.2 Å². The van der Waals surface area contributed by atoms with Gasteiger partial charge in [0.15, 0.2) is 0 Å². The van der Waals surface area contributed by atoms with Crippen molar-refractivity contribution in [3.05, 3.63) is 144 Å². The molecule has 6 rings (SSSR count). The number of hydrogen-bond acceptors (Lipinski definition) is 6. The highest BCUT2D eigenvalue weighted by atomic mass is 16.4. The molecule has 13 nitrogen and oxygen atoms in total. The Morgan fingerprint density at radius 1 is 0.594 bits per heavy atom. The maximum absolute atomic E-state index is 14.8. The van der Waals surface area contributed by atoms with E-state index in [9.17, 15) is 29.1 Å². The Kier molecular flexibility index (Phi) is 16.5. The maximum atomic E-state index is 14.8. The van der Waals surface area contributed by atoms with Crippen molar-refractivity contribution < 1.29 is 29.1 Å². The fourth-order valence-electron chi connectivity index (χ4n) is 8.17. The number of nitrogens with zero attached hydrogens (tertiary/aromatic N) is 1. The number of hydrogen-bond donors (Lipinski definition) is 7. The summed E-state index contributed by atoms with van der Waals surface area (Å²) in [6.45, 7) is 6.63. The number of aromatic amines is 1. The number of benzene rings is 4. The molecule has 0 saturated heterocycles. The lowest BCUT2D eigenvalue weighted by atomic mass is 9.99. The number of carboxylic acids is 1. The van der Waals surface area contributed by atoms with Crippen LogP contribution in [0.1, 0.15) is 62.3 Å². The Morgan fingerprint density at radius 3 is 1.64 bits per heavy atom. The molecular formula is C51H61N7O6. The van der Waals surface area contributed by atoms with Gasteiger partial charge in [0.2, 0.25) is 23.6 Å². The summed E-state index contributed by atoms with van der Waals surface area (Å²) >= 11 is 0. The number of para-hydroxylation sites is 2. The molecule has 4 amide bonds. The second kappa shape index (κ2) is 22.6. The van der Waals surface area contributed by atoms with E-state index in [1.807, 2.05) is 135 Å². The molecule has 2 heterocycles. The Morgan fingerprint density at radius 2 is 1.08 bits per heavy atom. The quantitative estimate of drug-likeness (QED) is 0.0421. The highest BCUT2D eigenvalue weighted by Crippen LogP contribution is 2.24. The predicted molar refractivity (Wildman–Crippen MR) is 251 cm³/mol. The summed E-state index contributed by atoms with van der Waals surface area (Å²) in [6.07, 6.45) is 6.54. The number of carbonyl (C=O) groups is 5. The van der Waals surface area contributed by atoms with Crippen molar-refractivity contribution >= 4 is 51.4 Å². The molecule has 6 aromatic rings. The fourth-order valence-corrected chi connectivity index (χ4v) is 8.17. The van der Waals surface area contributed by atoms with E-state index in [0.717, 1.165) is 63.4 Å². The summed E-state index contributed by atoms with van der Waals surface area (Å²) in [4.78, 5) is 73.4. The number of aliphatic carboxylic acids is 1. The number of aryl methyl sites for hydroxylation is 1. The third kappa shape index (κ3) is 12.5. The Balaban J connectivity index is 1.32.